The van der Waals surface area contributed by atoms with Gasteiger partial charge in [-0.1, -0.05) is 11.2 Å². The summed E-state index contributed by atoms with van der Waals surface area (Å²) >= 11 is 0. The third kappa shape index (κ3) is 3.85. The second kappa shape index (κ2) is 7.27. The monoisotopic (exact) mass is 344 g/mol. The van der Waals surface area contributed by atoms with Crippen LogP contribution >= 0.6 is 0 Å². The highest BCUT2D eigenvalue weighted by molar-refractivity contribution is 5.94. The largest absolute Gasteiger partial charge is 0.489 e. The van der Waals surface area contributed by atoms with Crippen LogP contribution in [-0.2, 0) is 11.3 Å². The third-order valence-electron chi connectivity index (χ3n) is 4.51. The van der Waals surface area contributed by atoms with E-state index in [2.05, 4.69) is 5.16 Å². The fourth-order valence-electron chi connectivity index (χ4n) is 2.93. The number of aromatic nitrogens is 1. The van der Waals surface area contributed by atoms with Crippen molar-refractivity contribution in [2.45, 2.75) is 46.4 Å². The van der Waals surface area contributed by atoms with Gasteiger partial charge in [0.25, 0.3) is 5.91 Å². The van der Waals surface area contributed by atoms with Crippen LogP contribution in [0, 0.1) is 13.8 Å². The summed E-state index contributed by atoms with van der Waals surface area (Å²) in [5.74, 6) is 1.41. The number of nitrogens with zero attached hydrogens (tertiary/aromatic N) is 2. The summed E-state index contributed by atoms with van der Waals surface area (Å²) in [6.45, 7) is 9.26. The van der Waals surface area contributed by atoms with Gasteiger partial charge < -0.3 is 18.9 Å². The number of aryl methyl sites for hydroxylation is 2. The predicted octanol–water partition coefficient (Wildman–Crippen LogP) is 3.12. The molecule has 2 atom stereocenters. The minimum atomic E-state index is 0.00504. The molecule has 0 unspecified atom stereocenters. The summed E-state index contributed by atoms with van der Waals surface area (Å²) in [7, 11) is 0. The van der Waals surface area contributed by atoms with Crippen molar-refractivity contribution in [3.63, 3.8) is 0 Å². The second-order valence-electron chi connectivity index (χ2n) is 6.57. The molecule has 6 nitrogen and oxygen atoms in total. The van der Waals surface area contributed by atoms with Gasteiger partial charge in [0.1, 0.15) is 18.1 Å². The molecule has 1 saturated heterocycles. The van der Waals surface area contributed by atoms with Gasteiger partial charge in [-0.15, -0.1) is 0 Å². The molecule has 0 spiro atoms. The van der Waals surface area contributed by atoms with Gasteiger partial charge in [-0.25, -0.2) is 0 Å². The molecular weight excluding hydrogens is 320 g/mol. The molecule has 1 aromatic carbocycles. The zero-order chi connectivity index (χ0) is 18.0. The van der Waals surface area contributed by atoms with Crippen LogP contribution in [0.5, 0.6) is 5.75 Å². The molecular formula is C19H24N2O4. The van der Waals surface area contributed by atoms with Gasteiger partial charge >= 0.3 is 0 Å². The van der Waals surface area contributed by atoms with Crippen molar-refractivity contribution < 1.29 is 18.8 Å². The van der Waals surface area contributed by atoms with Crippen LogP contribution < -0.4 is 4.74 Å². The first-order chi connectivity index (χ1) is 12.0. The van der Waals surface area contributed by atoms with Gasteiger partial charge in [-0.05, 0) is 45.9 Å². The fourth-order valence-corrected chi connectivity index (χ4v) is 2.93. The Morgan fingerprint density at radius 3 is 2.88 bits per heavy atom. The topological polar surface area (TPSA) is 64.8 Å². The Balaban J connectivity index is 1.71. The molecule has 0 radical (unpaired) electrons. The Morgan fingerprint density at radius 2 is 2.16 bits per heavy atom. The Morgan fingerprint density at radius 1 is 1.36 bits per heavy atom. The van der Waals surface area contributed by atoms with Crippen molar-refractivity contribution in [1.82, 2.24) is 10.1 Å². The average molecular weight is 344 g/mol. The van der Waals surface area contributed by atoms with Gasteiger partial charge in [0.2, 0.25) is 0 Å². The Hall–Kier alpha value is -2.34. The third-order valence-corrected chi connectivity index (χ3v) is 4.51. The van der Waals surface area contributed by atoms with Gasteiger partial charge in [0, 0.05) is 12.1 Å². The Labute approximate surface area is 147 Å². The van der Waals surface area contributed by atoms with Gasteiger partial charge in [-0.2, -0.15) is 0 Å². The number of carbonyl (C=O) groups is 1. The van der Waals surface area contributed by atoms with Crippen LogP contribution in [0.3, 0.4) is 0 Å². The Bertz CT molecular complexity index is 736. The lowest BCUT2D eigenvalue weighted by Crippen LogP contribution is -2.50. The lowest BCUT2D eigenvalue weighted by molar-refractivity contribution is -0.0387. The van der Waals surface area contributed by atoms with Crippen molar-refractivity contribution in [3.8, 4) is 5.75 Å². The molecule has 25 heavy (non-hydrogen) atoms. The molecule has 0 aliphatic carbocycles. The first-order valence-corrected chi connectivity index (χ1v) is 8.53. The molecule has 134 valence electrons. The first-order valence-electron chi connectivity index (χ1n) is 8.53. The zero-order valence-corrected chi connectivity index (χ0v) is 15.1. The lowest BCUT2D eigenvalue weighted by atomic mass is 10.1. The molecule has 6 heteroatoms. The summed E-state index contributed by atoms with van der Waals surface area (Å²) in [6.07, 6.45) is 0.0547. The van der Waals surface area contributed by atoms with Crippen molar-refractivity contribution >= 4 is 5.91 Å². The number of carbonyl (C=O) groups excluding carboxylic acids is 1. The highest BCUT2D eigenvalue weighted by atomic mass is 16.5. The number of amides is 1. The van der Waals surface area contributed by atoms with E-state index in [0.29, 0.717) is 31.1 Å². The minimum absolute atomic E-state index is 0.00504. The van der Waals surface area contributed by atoms with E-state index >= 15 is 0 Å². The van der Waals surface area contributed by atoms with Crippen LogP contribution in [0.4, 0.5) is 0 Å². The molecule has 1 aliphatic heterocycles. The van der Waals surface area contributed by atoms with E-state index < -0.39 is 0 Å². The highest BCUT2D eigenvalue weighted by Crippen LogP contribution is 2.21. The fraction of sp³-hybridized carbons (Fsp3) is 0.474. The van der Waals surface area contributed by atoms with Crippen molar-refractivity contribution in [3.05, 3.63) is 46.8 Å². The maximum Gasteiger partial charge on any atom is 0.254 e. The number of hydrogen-bond donors (Lipinski definition) is 0. The van der Waals surface area contributed by atoms with E-state index in [4.69, 9.17) is 14.0 Å². The van der Waals surface area contributed by atoms with Gasteiger partial charge in [0.15, 0.2) is 0 Å². The standard InChI is InChI=1S/C19H24N2O4/c1-12-10-23-13(2)9-21(12)19(22)16-6-5-7-17(8-16)24-11-18-14(3)20-25-15(18)4/h5-8,12-13H,9-11H2,1-4H3/t12-,13+/m0/s1. The van der Waals surface area contributed by atoms with E-state index in [-0.39, 0.29) is 18.1 Å². The van der Waals surface area contributed by atoms with Crippen molar-refractivity contribution in [1.29, 1.82) is 0 Å². The molecule has 0 bridgehead atoms. The predicted molar refractivity (Wildman–Crippen MR) is 92.7 cm³/mol. The van der Waals surface area contributed by atoms with Crippen molar-refractivity contribution in [2.75, 3.05) is 13.2 Å². The van der Waals surface area contributed by atoms with Crippen LogP contribution in [0.2, 0.25) is 0 Å². The Kier molecular flexibility index (Phi) is 5.08. The summed E-state index contributed by atoms with van der Waals surface area (Å²) in [4.78, 5) is 14.7. The van der Waals surface area contributed by atoms with E-state index in [1.165, 1.54) is 0 Å². The average Bonchev–Trinajstić information content (AvgIpc) is 2.93. The van der Waals surface area contributed by atoms with Crippen LogP contribution in [0.1, 0.15) is 41.2 Å². The van der Waals surface area contributed by atoms with E-state index in [1.54, 1.807) is 6.07 Å². The summed E-state index contributed by atoms with van der Waals surface area (Å²) in [5, 5.41) is 3.92. The van der Waals surface area contributed by atoms with E-state index in [0.717, 1.165) is 17.0 Å². The summed E-state index contributed by atoms with van der Waals surface area (Å²) < 4.78 is 16.6. The SMILES string of the molecule is Cc1noc(C)c1COc1cccc(C(=O)N2C[C@@H](C)OC[C@@H]2C)c1. The molecule has 0 N–H and O–H groups in total. The number of hydrogen-bond acceptors (Lipinski definition) is 5. The maximum atomic E-state index is 12.8. The maximum absolute atomic E-state index is 12.8. The first kappa shape index (κ1) is 17.5. The molecule has 2 aromatic rings. The van der Waals surface area contributed by atoms with Crippen LogP contribution in [0.25, 0.3) is 0 Å². The molecule has 1 aromatic heterocycles. The minimum Gasteiger partial charge on any atom is -0.489 e. The smallest absolute Gasteiger partial charge is 0.254 e. The number of benzene rings is 1. The van der Waals surface area contributed by atoms with E-state index in [9.17, 15) is 4.79 Å². The molecule has 3 rings (SSSR count). The molecule has 2 heterocycles. The lowest BCUT2D eigenvalue weighted by Gasteiger charge is -2.36. The van der Waals surface area contributed by atoms with Gasteiger partial charge in [0.05, 0.1) is 30.0 Å². The number of rotatable bonds is 4. The zero-order valence-electron chi connectivity index (χ0n) is 15.1. The van der Waals surface area contributed by atoms with Crippen LogP contribution in [-0.4, -0.2) is 41.3 Å². The van der Waals surface area contributed by atoms with E-state index in [1.807, 2.05) is 50.8 Å². The molecule has 1 aliphatic rings. The van der Waals surface area contributed by atoms with Crippen molar-refractivity contribution in [2.24, 2.45) is 0 Å². The molecule has 1 amide bonds. The van der Waals surface area contributed by atoms with Crippen LogP contribution in [0.15, 0.2) is 28.8 Å². The second-order valence-corrected chi connectivity index (χ2v) is 6.57. The normalized spacial score (nSPS) is 20.6. The summed E-state index contributed by atoms with van der Waals surface area (Å²) in [6, 6.07) is 7.35. The highest BCUT2D eigenvalue weighted by Gasteiger charge is 2.28. The summed E-state index contributed by atoms with van der Waals surface area (Å²) in [5.41, 5.74) is 2.38. The quantitative estimate of drug-likeness (QED) is 0.853. The molecule has 1 fully saturated rings. The van der Waals surface area contributed by atoms with Gasteiger partial charge in [-0.3, -0.25) is 4.79 Å². The number of morpholine rings is 1. The molecule has 0 saturated carbocycles. The number of ether oxygens (including phenoxy) is 2.